The van der Waals surface area contributed by atoms with E-state index < -0.39 is 11.7 Å². The molecule has 4 heteroatoms. The average molecular weight is 252 g/mol. The molecule has 94 valence electrons. The first-order valence-electron chi connectivity index (χ1n) is 5.29. The Bertz CT molecular complexity index is 490. The van der Waals surface area contributed by atoms with Gasteiger partial charge in [0.15, 0.2) is 0 Å². The molecular weight excluding hydrogens is 241 g/mol. The highest BCUT2D eigenvalue weighted by Crippen LogP contribution is 2.29. The third kappa shape index (κ3) is 4.88. The van der Waals surface area contributed by atoms with Crippen molar-refractivity contribution in [1.82, 2.24) is 0 Å². The molecule has 1 nitrogen and oxygen atoms in total. The fraction of sp³-hybridized carbons (Fsp3) is 0.214. The average Bonchev–Trinajstić information content (AvgIpc) is 2.33. The van der Waals surface area contributed by atoms with Crippen molar-refractivity contribution in [2.45, 2.75) is 19.0 Å². The maximum absolute atomic E-state index is 12.4. The van der Waals surface area contributed by atoms with Gasteiger partial charge in [0, 0.05) is 6.42 Å². The van der Waals surface area contributed by atoms with Gasteiger partial charge in [0.1, 0.15) is 6.29 Å². The highest BCUT2D eigenvalue weighted by molar-refractivity contribution is 5.65. The molecule has 0 saturated heterocycles. The second-order valence-corrected chi connectivity index (χ2v) is 3.51. The summed E-state index contributed by atoms with van der Waals surface area (Å²) >= 11 is 0. The van der Waals surface area contributed by atoms with E-state index in [2.05, 4.69) is 11.8 Å². The fourth-order valence-electron chi connectivity index (χ4n) is 1.33. The minimum Gasteiger partial charge on any atom is -0.299 e. The highest BCUT2D eigenvalue weighted by atomic mass is 19.4. The molecule has 0 fully saturated rings. The van der Waals surface area contributed by atoms with Crippen molar-refractivity contribution in [1.29, 1.82) is 0 Å². The molecule has 0 bridgehead atoms. The van der Waals surface area contributed by atoms with Crippen LogP contribution in [0.25, 0.3) is 0 Å². The number of aryl methyl sites for hydroxylation is 1. The van der Waals surface area contributed by atoms with Crippen LogP contribution >= 0.6 is 0 Å². The molecule has 1 rings (SSSR count). The van der Waals surface area contributed by atoms with Crippen molar-refractivity contribution in [3.8, 4) is 11.8 Å². The van der Waals surface area contributed by atoms with E-state index in [4.69, 9.17) is 0 Å². The number of benzene rings is 1. The maximum Gasteiger partial charge on any atom is 0.416 e. The predicted molar refractivity (Wildman–Crippen MR) is 62.7 cm³/mol. The summed E-state index contributed by atoms with van der Waals surface area (Å²) in [7, 11) is 0. The lowest BCUT2D eigenvalue weighted by Crippen LogP contribution is -2.05. The first-order chi connectivity index (χ1) is 8.54. The van der Waals surface area contributed by atoms with E-state index in [0.717, 1.165) is 12.1 Å². The van der Waals surface area contributed by atoms with Crippen LogP contribution in [0.3, 0.4) is 0 Å². The maximum atomic E-state index is 12.4. The molecule has 0 radical (unpaired) electrons. The summed E-state index contributed by atoms with van der Waals surface area (Å²) in [6, 6.07) is 5.20. The van der Waals surface area contributed by atoms with Gasteiger partial charge < -0.3 is 0 Å². The molecule has 0 atom stereocenters. The summed E-state index contributed by atoms with van der Waals surface area (Å²) in [5, 5.41) is 0. The lowest BCUT2D eigenvalue weighted by atomic mass is 10.1. The molecule has 18 heavy (non-hydrogen) atoms. The number of carbonyl (C=O) groups is 1. The van der Waals surface area contributed by atoms with Gasteiger partial charge in [-0.1, -0.05) is 30.0 Å². The van der Waals surface area contributed by atoms with E-state index in [1.807, 2.05) is 0 Å². The Morgan fingerprint density at radius 3 is 2.72 bits per heavy atom. The minimum absolute atomic E-state index is 0.449. The number of hydrogen-bond donors (Lipinski definition) is 0. The molecule has 0 heterocycles. The third-order valence-electron chi connectivity index (χ3n) is 2.15. The normalized spacial score (nSPS) is 11.1. The molecule has 0 spiro atoms. The fourth-order valence-corrected chi connectivity index (χ4v) is 1.33. The van der Waals surface area contributed by atoms with Gasteiger partial charge >= 0.3 is 6.18 Å². The molecule has 0 aliphatic rings. The smallest absolute Gasteiger partial charge is 0.299 e. The molecule has 0 aliphatic carbocycles. The molecule has 0 aromatic heterocycles. The second-order valence-electron chi connectivity index (χ2n) is 3.51. The van der Waals surface area contributed by atoms with Gasteiger partial charge in [-0.2, -0.15) is 13.2 Å². The zero-order valence-corrected chi connectivity index (χ0v) is 9.50. The standard InChI is InChI=1S/C14H11F3O/c15-14(16,17)13-9-6-8-12(11-13)7-4-2-1-3-5-10-18/h3,5-6,8-11H,4,7H2. The van der Waals surface area contributed by atoms with Crippen LogP contribution in [-0.2, 0) is 17.4 Å². The summed E-state index contributed by atoms with van der Waals surface area (Å²) in [6.45, 7) is 0. The van der Waals surface area contributed by atoms with Crippen molar-refractivity contribution in [3.63, 3.8) is 0 Å². The zero-order chi connectivity index (χ0) is 13.4. The molecule has 0 N–H and O–H groups in total. The Hall–Kier alpha value is -2.02. The quantitative estimate of drug-likeness (QED) is 0.458. The number of allylic oxidation sites excluding steroid dienone is 2. The van der Waals surface area contributed by atoms with Crippen molar-refractivity contribution >= 4 is 6.29 Å². The summed E-state index contributed by atoms with van der Waals surface area (Å²) in [6.07, 6.45) is -0.136. The van der Waals surface area contributed by atoms with Crippen molar-refractivity contribution in [3.05, 3.63) is 47.5 Å². The summed E-state index contributed by atoms with van der Waals surface area (Å²) in [5.74, 6) is 5.37. The number of aldehydes is 1. The van der Waals surface area contributed by atoms with E-state index in [9.17, 15) is 18.0 Å². The van der Waals surface area contributed by atoms with Gasteiger partial charge in [0.25, 0.3) is 0 Å². The van der Waals surface area contributed by atoms with Gasteiger partial charge in [0.2, 0.25) is 0 Å². The number of rotatable bonds is 3. The summed E-state index contributed by atoms with van der Waals surface area (Å²) < 4.78 is 37.3. The van der Waals surface area contributed by atoms with E-state index in [-0.39, 0.29) is 0 Å². The highest BCUT2D eigenvalue weighted by Gasteiger charge is 2.30. The van der Waals surface area contributed by atoms with Crippen LogP contribution in [-0.4, -0.2) is 6.29 Å². The largest absolute Gasteiger partial charge is 0.416 e. The molecule has 0 saturated carbocycles. The lowest BCUT2D eigenvalue weighted by molar-refractivity contribution is -0.137. The van der Waals surface area contributed by atoms with Crippen LogP contribution in [0.1, 0.15) is 17.5 Å². The molecule has 0 amide bonds. The SMILES string of the molecule is O=CC=CC#CCCc1cccc(C(F)(F)F)c1. The van der Waals surface area contributed by atoms with Crippen LogP contribution in [0.4, 0.5) is 13.2 Å². The molecular formula is C14H11F3O. The van der Waals surface area contributed by atoms with Gasteiger partial charge in [-0.3, -0.25) is 4.79 Å². The van der Waals surface area contributed by atoms with E-state index >= 15 is 0 Å². The van der Waals surface area contributed by atoms with Crippen LogP contribution in [0.15, 0.2) is 36.4 Å². The van der Waals surface area contributed by atoms with Gasteiger partial charge in [-0.15, -0.1) is 0 Å². The van der Waals surface area contributed by atoms with Crippen molar-refractivity contribution in [2.24, 2.45) is 0 Å². The predicted octanol–water partition coefficient (Wildman–Crippen LogP) is 3.40. The second kappa shape index (κ2) is 6.65. The first kappa shape index (κ1) is 14.0. The van der Waals surface area contributed by atoms with Crippen LogP contribution in [0, 0.1) is 11.8 Å². The zero-order valence-electron chi connectivity index (χ0n) is 9.50. The third-order valence-corrected chi connectivity index (χ3v) is 2.15. The Morgan fingerprint density at radius 1 is 1.28 bits per heavy atom. The monoisotopic (exact) mass is 252 g/mol. The van der Waals surface area contributed by atoms with Crippen molar-refractivity contribution < 1.29 is 18.0 Å². The molecule has 1 aromatic rings. The first-order valence-corrected chi connectivity index (χ1v) is 5.29. The Kier molecular flexibility index (Phi) is 5.19. The lowest BCUT2D eigenvalue weighted by Gasteiger charge is -2.07. The molecule has 1 aromatic carbocycles. The van der Waals surface area contributed by atoms with E-state index in [1.54, 1.807) is 6.07 Å². The minimum atomic E-state index is -4.31. The Balaban J connectivity index is 2.60. The summed E-state index contributed by atoms with van der Waals surface area (Å²) in [4.78, 5) is 9.93. The van der Waals surface area contributed by atoms with Crippen LogP contribution < -0.4 is 0 Å². The van der Waals surface area contributed by atoms with E-state index in [1.165, 1.54) is 18.2 Å². The molecule has 0 unspecified atom stereocenters. The number of hydrogen-bond acceptors (Lipinski definition) is 1. The van der Waals surface area contributed by atoms with Crippen LogP contribution in [0.2, 0.25) is 0 Å². The van der Waals surface area contributed by atoms with Crippen LogP contribution in [0.5, 0.6) is 0 Å². The molecule has 0 aliphatic heterocycles. The Morgan fingerprint density at radius 2 is 2.06 bits per heavy atom. The number of halogens is 3. The van der Waals surface area contributed by atoms with Gasteiger partial charge in [-0.25, -0.2) is 0 Å². The van der Waals surface area contributed by atoms with Crippen molar-refractivity contribution in [2.75, 3.05) is 0 Å². The Labute approximate surface area is 103 Å². The van der Waals surface area contributed by atoms with Gasteiger partial charge in [0.05, 0.1) is 5.56 Å². The number of alkyl halides is 3. The van der Waals surface area contributed by atoms with E-state index in [0.29, 0.717) is 24.7 Å². The van der Waals surface area contributed by atoms with Gasteiger partial charge in [-0.05, 0) is 30.2 Å². The topological polar surface area (TPSA) is 17.1 Å². The number of carbonyl (C=O) groups excluding carboxylic acids is 1. The summed E-state index contributed by atoms with van der Waals surface area (Å²) in [5.41, 5.74) is -0.0488.